The second-order valence-corrected chi connectivity index (χ2v) is 5.16. The van der Waals surface area contributed by atoms with Crippen LogP contribution in [0.5, 0.6) is 0 Å². The van der Waals surface area contributed by atoms with Crippen molar-refractivity contribution in [1.82, 2.24) is 19.8 Å². The highest BCUT2D eigenvalue weighted by atomic mass is 16.2. The van der Waals surface area contributed by atoms with E-state index in [0.717, 1.165) is 38.2 Å². The zero-order chi connectivity index (χ0) is 13.0. The third-order valence-electron chi connectivity index (χ3n) is 3.15. The summed E-state index contributed by atoms with van der Waals surface area (Å²) in [6, 6.07) is 0.446. The summed E-state index contributed by atoms with van der Waals surface area (Å²) in [7, 11) is 0. The number of hydrogen-bond donors (Lipinski definition) is 1. The van der Waals surface area contributed by atoms with Gasteiger partial charge < -0.3 is 14.8 Å². The molecule has 5 heteroatoms. The monoisotopic (exact) mass is 250 g/mol. The number of nitrogens with zero attached hydrogens (tertiary/aromatic N) is 3. The molecular formula is C13H22N4O. The van der Waals surface area contributed by atoms with Gasteiger partial charge in [-0.25, -0.2) is 4.98 Å². The Morgan fingerprint density at radius 3 is 2.83 bits per heavy atom. The Morgan fingerprint density at radius 2 is 2.17 bits per heavy atom. The van der Waals surface area contributed by atoms with E-state index in [4.69, 9.17) is 0 Å². The first-order chi connectivity index (χ1) is 8.65. The second kappa shape index (κ2) is 6.00. The highest BCUT2D eigenvalue weighted by Crippen LogP contribution is 2.08. The number of amides is 1. The Balaban J connectivity index is 1.84. The van der Waals surface area contributed by atoms with Gasteiger partial charge in [0.2, 0.25) is 5.91 Å². The molecule has 0 spiro atoms. The fraction of sp³-hybridized carbons (Fsp3) is 0.692. The minimum absolute atomic E-state index is 0.202. The number of imidazole rings is 1. The highest BCUT2D eigenvalue weighted by Gasteiger charge is 2.17. The maximum Gasteiger partial charge on any atom is 0.242 e. The molecular weight excluding hydrogens is 228 g/mol. The van der Waals surface area contributed by atoms with Crippen LogP contribution in [0.4, 0.5) is 0 Å². The van der Waals surface area contributed by atoms with Crippen LogP contribution in [0, 0.1) is 0 Å². The van der Waals surface area contributed by atoms with E-state index in [0.29, 0.717) is 12.6 Å². The fourth-order valence-corrected chi connectivity index (χ4v) is 2.12. The third kappa shape index (κ3) is 3.57. The van der Waals surface area contributed by atoms with Crippen LogP contribution in [-0.4, -0.2) is 39.5 Å². The van der Waals surface area contributed by atoms with Crippen molar-refractivity contribution < 1.29 is 4.79 Å². The number of carbonyl (C=O) groups is 1. The van der Waals surface area contributed by atoms with Gasteiger partial charge in [0.05, 0.1) is 12.0 Å². The predicted octanol–water partition coefficient (Wildman–Crippen LogP) is 1.00. The lowest BCUT2D eigenvalue weighted by Gasteiger charge is -2.15. The van der Waals surface area contributed by atoms with Gasteiger partial charge in [-0.2, -0.15) is 0 Å². The van der Waals surface area contributed by atoms with Crippen LogP contribution < -0.4 is 5.32 Å². The van der Waals surface area contributed by atoms with E-state index in [1.165, 1.54) is 0 Å². The Kier molecular flexibility index (Phi) is 4.36. The molecule has 1 N–H and O–H groups in total. The van der Waals surface area contributed by atoms with Gasteiger partial charge in [0.25, 0.3) is 0 Å². The van der Waals surface area contributed by atoms with Crippen LogP contribution in [0.25, 0.3) is 0 Å². The molecule has 1 aromatic heterocycles. The van der Waals surface area contributed by atoms with Gasteiger partial charge in [-0.05, 0) is 12.8 Å². The Bertz CT molecular complexity index is 393. The van der Waals surface area contributed by atoms with Crippen molar-refractivity contribution in [2.75, 3.05) is 13.1 Å². The molecule has 0 aromatic carbocycles. The summed E-state index contributed by atoms with van der Waals surface area (Å²) in [4.78, 5) is 18.2. The standard InChI is InChI=1S/C13H22N4O/c1-11(2)14-7-12-8-16(10-15-12)9-13(18)17-5-3-4-6-17/h8,10-11,14H,3-7,9H2,1-2H3. The molecule has 2 heterocycles. The van der Waals surface area contributed by atoms with Gasteiger partial charge in [-0.3, -0.25) is 4.79 Å². The summed E-state index contributed by atoms with van der Waals surface area (Å²) in [6.45, 7) is 7.20. The van der Waals surface area contributed by atoms with Crippen LogP contribution in [0.3, 0.4) is 0 Å². The first kappa shape index (κ1) is 13.1. The SMILES string of the molecule is CC(C)NCc1cn(CC(=O)N2CCCC2)cn1. The number of aromatic nitrogens is 2. The summed E-state index contributed by atoms with van der Waals surface area (Å²) in [5.41, 5.74) is 0.984. The summed E-state index contributed by atoms with van der Waals surface area (Å²) in [5, 5.41) is 3.31. The van der Waals surface area contributed by atoms with Gasteiger partial charge in [-0.1, -0.05) is 13.8 Å². The maximum absolute atomic E-state index is 12.0. The first-order valence-electron chi connectivity index (χ1n) is 6.67. The van der Waals surface area contributed by atoms with Crippen molar-refractivity contribution in [2.24, 2.45) is 0 Å². The van der Waals surface area contributed by atoms with Gasteiger partial charge in [0, 0.05) is 31.9 Å². The summed E-state index contributed by atoms with van der Waals surface area (Å²) in [5.74, 6) is 0.202. The van der Waals surface area contributed by atoms with Crippen molar-refractivity contribution in [3.8, 4) is 0 Å². The van der Waals surface area contributed by atoms with Crippen molar-refractivity contribution >= 4 is 5.91 Å². The van der Waals surface area contributed by atoms with Crippen molar-refractivity contribution in [3.63, 3.8) is 0 Å². The van der Waals surface area contributed by atoms with E-state index in [-0.39, 0.29) is 5.91 Å². The van der Waals surface area contributed by atoms with Gasteiger partial charge in [0.15, 0.2) is 0 Å². The van der Waals surface area contributed by atoms with Crippen LogP contribution in [0.15, 0.2) is 12.5 Å². The van der Waals surface area contributed by atoms with Crippen molar-refractivity contribution in [2.45, 2.75) is 45.8 Å². The van der Waals surface area contributed by atoms with E-state index in [1.54, 1.807) is 6.33 Å². The minimum Gasteiger partial charge on any atom is -0.341 e. The van der Waals surface area contributed by atoms with Crippen LogP contribution >= 0.6 is 0 Å². The molecule has 0 aliphatic carbocycles. The van der Waals surface area contributed by atoms with Crippen molar-refractivity contribution in [1.29, 1.82) is 0 Å². The molecule has 18 heavy (non-hydrogen) atoms. The number of hydrogen-bond acceptors (Lipinski definition) is 3. The molecule has 1 aliphatic heterocycles. The number of likely N-dealkylation sites (tertiary alicyclic amines) is 1. The van der Waals surface area contributed by atoms with E-state index in [2.05, 4.69) is 24.1 Å². The number of carbonyl (C=O) groups excluding carboxylic acids is 1. The van der Waals surface area contributed by atoms with Crippen LogP contribution in [-0.2, 0) is 17.9 Å². The molecule has 1 fully saturated rings. The molecule has 5 nitrogen and oxygen atoms in total. The lowest BCUT2D eigenvalue weighted by atomic mass is 10.3. The predicted molar refractivity (Wildman–Crippen MR) is 70.0 cm³/mol. The smallest absolute Gasteiger partial charge is 0.242 e. The zero-order valence-electron chi connectivity index (χ0n) is 11.2. The molecule has 0 unspecified atom stereocenters. The average molecular weight is 250 g/mol. The summed E-state index contributed by atoms with van der Waals surface area (Å²) >= 11 is 0. The summed E-state index contributed by atoms with van der Waals surface area (Å²) in [6.07, 6.45) is 5.97. The van der Waals surface area contributed by atoms with E-state index in [1.807, 2.05) is 15.7 Å². The lowest BCUT2D eigenvalue weighted by Crippen LogP contribution is -2.30. The highest BCUT2D eigenvalue weighted by molar-refractivity contribution is 5.76. The van der Waals surface area contributed by atoms with Crippen LogP contribution in [0.2, 0.25) is 0 Å². The minimum atomic E-state index is 0.202. The molecule has 0 bridgehead atoms. The first-order valence-corrected chi connectivity index (χ1v) is 6.67. The second-order valence-electron chi connectivity index (χ2n) is 5.16. The van der Waals surface area contributed by atoms with E-state index < -0.39 is 0 Å². The van der Waals surface area contributed by atoms with Crippen LogP contribution in [0.1, 0.15) is 32.4 Å². The molecule has 1 aliphatic rings. The van der Waals surface area contributed by atoms with E-state index >= 15 is 0 Å². The number of rotatable bonds is 5. The largest absolute Gasteiger partial charge is 0.341 e. The fourth-order valence-electron chi connectivity index (χ4n) is 2.12. The van der Waals surface area contributed by atoms with E-state index in [9.17, 15) is 4.79 Å². The lowest BCUT2D eigenvalue weighted by molar-refractivity contribution is -0.130. The molecule has 2 rings (SSSR count). The number of nitrogens with one attached hydrogen (secondary N) is 1. The molecule has 0 radical (unpaired) electrons. The summed E-state index contributed by atoms with van der Waals surface area (Å²) < 4.78 is 1.87. The molecule has 0 atom stereocenters. The third-order valence-corrected chi connectivity index (χ3v) is 3.15. The maximum atomic E-state index is 12.0. The molecule has 100 valence electrons. The Labute approximate surface area is 108 Å². The van der Waals surface area contributed by atoms with Gasteiger partial charge in [-0.15, -0.1) is 0 Å². The average Bonchev–Trinajstić information content (AvgIpc) is 2.97. The molecule has 1 saturated heterocycles. The van der Waals surface area contributed by atoms with Gasteiger partial charge in [0.1, 0.15) is 6.54 Å². The Hall–Kier alpha value is -1.36. The molecule has 0 saturated carbocycles. The Morgan fingerprint density at radius 1 is 1.44 bits per heavy atom. The molecule has 1 amide bonds. The zero-order valence-corrected chi connectivity index (χ0v) is 11.2. The van der Waals surface area contributed by atoms with Gasteiger partial charge >= 0.3 is 0 Å². The quantitative estimate of drug-likeness (QED) is 0.848. The molecule has 1 aromatic rings. The normalized spacial score (nSPS) is 15.6. The van der Waals surface area contributed by atoms with Crippen molar-refractivity contribution in [3.05, 3.63) is 18.2 Å². The topological polar surface area (TPSA) is 50.2 Å².